The summed E-state index contributed by atoms with van der Waals surface area (Å²) in [4.78, 5) is 9.77. The van der Waals surface area contributed by atoms with E-state index in [1.54, 1.807) is 7.11 Å². The predicted octanol–water partition coefficient (Wildman–Crippen LogP) is 2.22. The van der Waals surface area contributed by atoms with Crippen molar-refractivity contribution in [2.45, 2.75) is 25.9 Å². The van der Waals surface area contributed by atoms with Crippen LogP contribution in [-0.4, -0.2) is 74.8 Å². The van der Waals surface area contributed by atoms with Gasteiger partial charge in [0.1, 0.15) is 5.75 Å². The molecular weight excluding hydrogens is 352 g/mol. The number of nitrogens with one attached hydrogen (secondary N) is 1. The molecule has 0 amide bonds. The van der Waals surface area contributed by atoms with Crippen LogP contribution in [0.2, 0.25) is 5.02 Å². The molecule has 0 bridgehead atoms. The third-order valence-corrected chi connectivity index (χ3v) is 5.24. The molecule has 7 heteroatoms. The first-order chi connectivity index (χ1) is 12.7. The van der Waals surface area contributed by atoms with Gasteiger partial charge in [-0.05, 0) is 25.5 Å². The van der Waals surface area contributed by atoms with E-state index in [0.29, 0.717) is 17.6 Å². The second kappa shape index (κ2) is 9.44. The average molecular weight is 381 g/mol. The van der Waals surface area contributed by atoms with Crippen molar-refractivity contribution in [3.63, 3.8) is 0 Å². The van der Waals surface area contributed by atoms with Gasteiger partial charge in [-0.25, -0.2) is 4.99 Å². The first-order valence-electron chi connectivity index (χ1n) is 9.38. The summed E-state index contributed by atoms with van der Waals surface area (Å²) in [5.41, 5.74) is 1.04. The van der Waals surface area contributed by atoms with Crippen molar-refractivity contribution in [3.05, 3.63) is 28.8 Å². The maximum atomic E-state index is 6.05. The number of likely N-dealkylation sites (tertiary alicyclic amines) is 1. The predicted molar refractivity (Wildman–Crippen MR) is 105 cm³/mol. The van der Waals surface area contributed by atoms with Gasteiger partial charge in [-0.15, -0.1) is 0 Å². The number of rotatable bonds is 5. The summed E-state index contributed by atoms with van der Waals surface area (Å²) in [6.07, 6.45) is 1.18. The van der Waals surface area contributed by atoms with Gasteiger partial charge < -0.3 is 19.7 Å². The fraction of sp³-hybridized carbons (Fsp3) is 0.632. The second-order valence-corrected chi connectivity index (χ2v) is 7.10. The smallest absolute Gasteiger partial charge is 0.194 e. The number of morpholine rings is 1. The highest BCUT2D eigenvalue weighted by Crippen LogP contribution is 2.24. The number of ether oxygens (including phenoxy) is 2. The van der Waals surface area contributed by atoms with E-state index in [1.807, 2.05) is 18.2 Å². The highest BCUT2D eigenvalue weighted by atomic mass is 35.5. The summed E-state index contributed by atoms with van der Waals surface area (Å²) >= 11 is 6.05. The van der Waals surface area contributed by atoms with E-state index in [2.05, 4.69) is 22.0 Å². The summed E-state index contributed by atoms with van der Waals surface area (Å²) < 4.78 is 10.9. The van der Waals surface area contributed by atoms with Crippen LogP contribution in [0, 0.1) is 0 Å². The summed E-state index contributed by atoms with van der Waals surface area (Å²) in [5, 5.41) is 4.11. The van der Waals surface area contributed by atoms with E-state index in [4.69, 9.17) is 26.1 Å². The van der Waals surface area contributed by atoms with E-state index < -0.39 is 0 Å². The van der Waals surface area contributed by atoms with Crippen LogP contribution >= 0.6 is 11.6 Å². The monoisotopic (exact) mass is 380 g/mol. The Morgan fingerprint density at radius 1 is 1.35 bits per heavy atom. The largest absolute Gasteiger partial charge is 0.496 e. The van der Waals surface area contributed by atoms with Crippen molar-refractivity contribution in [1.82, 2.24) is 15.1 Å². The van der Waals surface area contributed by atoms with Gasteiger partial charge in [-0.3, -0.25) is 4.90 Å². The Morgan fingerprint density at radius 3 is 2.88 bits per heavy atom. The zero-order chi connectivity index (χ0) is 18.4. The Bertz CT molecular complexity index is 620. The fourth-order valence-electron chi connectivity index (χ4n) is 3.61. The van der Waals surface area contributed by atoms with Crippen molar-refractivity contribution in [2.75, 3.05) is 53.0 Å². The van der Waals surface area contributed by atoms with Crippen molar-refractivity contribution in [3.8, 4) is 5.75 Å². The molecule has 1 atom stereocenters. The van der Waals surface area contributed by atoms with Crippen LogP contribution in [0.25, 0.3) is 0 Å². The molecule has 2 fully saturated rings. The molecule has 3 rings (SSSR count). The third-order valence-electron chi connectivity index (χ3n) is 5.01. The Kier molecular flexibility index (Phi) is 7.00. The first-order valence-corrected chi connectivity index (χ1v) is 9.76. The van der Waals surface area contributed by atoms with Crippen molar-refractivity contribution >= 4 is 17.6 Å². The molecule has 0 saturated carbocycles. The summed E-state index contributed by atoms with van der Waals surface area (Å²) in [7, 11) is 1.66. The fourth-order valence-corrected chi connectivity index (χ4v) is 3.77. The molecule has 2 aliphatic rings. The molecule has 0 aromatic heterocycles. The lowest BCUT2D eigenvalue weighted by atomic mass is 10.2. The number of hydrogen-bond donors (Lipinski definition) is 1. The van der Waals surface area contributed by atoms with E-state index in [0.717, 1.165) is 63.2 Å². The van der Waals surface area contributed by atoms with Gasteiger partial charge in [-0.2, -0.15) is 0 Å². The summed E-state index contributed by atoms with van der Waals surface area (Å²) in [6.45, 7) is 9.35. The number of hydrogen-bond acceptors (Lipinski definition) is 4. The lowest BCUT2D eigenvalue weighted by molar-refractivity contribution is 0.0195. The van der Waals surface area contributed by atoms with Crippen LogP contribution in [0.5, 0.6) is 5.75 Å². The highest BCUT2D eigenvalue weighted by molar-refractivity contribution is 6.30. The SMILES string of the molecule is CCNC(=NCc1ccc(Cl)cc1OC)N1CCC(N2CCOCC2)C1. The average Bonchev–Trinajstić information content (AvgIpc) is 3.16. The van der Waals surface area contributed by atoms with Crippen LogP contribution < -0.4 is 10.1 Å². The molecule has 1 unspecified atom stereocenters. The van der Waals surface area contributed by atoms with E-state index in [1.165, 1.54) is 6.42 Å². The van der Waals surface area contributed by atoms with Gasteiger partial charge in [0.2, 0.25) is 0 Å². The molecule has 0 radical (unpaired) electrons. The Morgan fingerprint density at radius 2 is 2.15 bits per heavy atom. The van der Waals surface area contributed by atoms with E-state index in [9.17, 15) is 0 Å². The van der Waals surface area contributed by atoms with Crippen LogP contribution in [-0.2, 0) is 11.3 Å². The molecule has 6 nitrogen and oxygen atoms in total. The van der Waals surface area contributed by atoms with Crippen LogP contribution in [0.1, 0.15) is 18.9 Å². The molecule has 0 spiro atoms. The van der Waals surface area contributed by atoms with Gasteiger partial charge >= 0.3 is 0 Å². The number of nitrogens with zero attached hydrogens (tertiary/aromatic N) is 3. The van der Waals surface area contributed by atoms with Gasteiger partial charge in [0.25, 0.3) is 0 Å². The molecule has 2 saturated heterocycles. The minimum Gasteiger partial charge on any atom is -0.496 e. The molecule has 2 aliphatic heterocycles. The molecule has 144 valence electrons. The van der Waals surface area contributed by atoms with Crippen LogP contribution in [0.3, 0.4) is 0 Å². The molecule has 1 N–H and O–H groups in total. The third kappa shape index (κ3) is 4.81. The molecule has 1 aromatic carbocycles. The van der Waals surface area contributed by atoms with Gasteiger partial charge in [0.05, 0.1) is 26.9 Å². The number of aliphatic imine (C=N–C) groups is 1. The highest BCUT2D eigenvalue weighted by Gasteiger charge is 2.30. The lowest BCUT2D eigenvalue weighted by Gasteiger charge is -2.32. The number of halogens is 1. The molecule has 26 heavy (non-hydrogen) atoms. The van der Waals surface area contributed by atoms with Crippen molar-refractivity contribution in [1.29, 1.82) is 0 Å². The van der Waals surface area contributed by atoms with Crippen molar-refractivity contribution in [2.24, 2.45) is 4.99 Å². The topological polar surface area (TPSA) is 49.3 Å². The normalized spacial score (nSPS) is 21.9. The van der Waals surface area contributed by atoms with Crippen molar-refractivity contribution < 1.29 is 9.47 Å². The zero-order valence-electron chi connectivity index (χ0n) is 15.7. The second-order valence-electron chi connectivity index (χ2n) is 6.66. The first kappa shape index (κ1) is 19.3. The van der Waals surface area contributed by atoms with Gasteiger partial charge in [-0.1, -0.05) is 17.7 Å². The van der Waals surface area contributed by atoms with Crippen LogP contribution in [0.4, 0.5) is 0 Å². The number of benzene rings is 1. The number of methoxy groups -OCH3 is 1. The summed E-state index contributed by atoms with van der Waals surface area (Å²) in [5.74, 6) is 1.75. The molecular formula is C19H29ClN4O2. The van der Waals surface area contributed by atoms with Gasteiger partial charge in [0.15, 0.2) is 5.96 Å². The zero-order valence-corrected chi connectivity index (χ0v) is 16.5. The van der Waals surface area contributed by atoms with E-state index in [-0.39, 0.29) is 0 Å². The maximum Gasteiger partial charge on any atom is 0.194 e. The molecule has 0 aliphatic carbocycles. The van der Waals surface area contributed by atoms with Crippen LogP contribution in [0.15, 0.2) is 23.2 Å². The maximum absolute atomic E-state index is 6.05. The van der Waals surface area contributed by atoms with Gasteiger partial charge in [0, 0.05) is 49.4 Å². The minimum absolute atomic E-state index is 0.571. The Balaban J connectivity index is 1.66. The quantitative estimate of drug-likeness (QED) is 0.627. The Hall–Kier alpha value is -1.50. The lowest BCUT2D eigenvalue weighted by Crippen LogP contribution is -2.46. The Labute approximate surface area is 161 Å². The molecule has 1 aromatic rings. The summed E-state index contributed by atoms with van der Waals surface area (Å²) in [6, 6.07) is 6.29. The minimum atomic E-state index is 0.571. The molecule has 2 heterocycles. The number of guanidine groups is 1. The van der Waals surface area contributed by atoms with E-state index >= 15 is 0 Å². The standard InChI is InChI=1S/C19H29ClN4O2/c1-3-21-19(22-13-15-4-5-16(20)12-18(15)25-2)24-7-6-17(14-24)23-8-10-26-11-9-23/h4-5,12,17H,3,6-11,13-14H2,1-2H3,(H,21,22).